The van der Waals surface area contributed by atoms with Crippen LogP contribution in [0.4, 0.5) is 0 Å². The van der Waals surface area contributed by atoms with E-state index in [1.165, 1.54) is 0 Å². The Hall–Kier alpha value is -0.380. The zero-order valence-corrected chi connectivity index (χ0v) is 11.0. The van der Waals surface area contributed by atoms with Crippen LogP contribution in [0, 0.1) is 5.92 Å². The van der Waals surface area contributed by atoms with Crippen LogP contribution in [0.3, 0.4) is 0 Å². The first-order valence-corrected chi connectivity index (χ1v) is 5.81. The molecule has 0 saturated carbocycles. The number of rotatable bonds is 4. The normalized spacial score (nSPS) is 17.1. The topological polar surface area (TPSA) is 35.2 Å². The van der Waals surface area contributed by atoms with Gasteiger partial charge in [-0.05, 0) is 24.6 Å². The number of hydrogen-bond acceptors (Lipinski definition) is 2. The highest BCUT2D eigenvalue weighted by Gasteiger charge is 2.28. The zero-order valence-electron chi connectivity index (χ0n) is 9.46. The summed E-state index contributed by atoms with van der Waals surface area (Å²) in [5.74, 6) is 0.281. The van der Waals surface area contributed by atoms with E-state index < -0.39 is 0 Å². The molecule has 0 aliphatic carbocycles. The molecule has 0 aromatic heterocycles. The van der Waals surface area contributed by atoms with Gasteiger partial charge >= 0.3 is 0 Å². The van der Waals surface area contributed by atoms with Crippen LogP contribution in [0.2, 0.25) is 0 Å². The number of nitrogens with two attached hydrogens (primary N) is 1. The molecule has 2 unspecified atom stereocenters. The van der Waals surface area contributed by atoms with Crippen molar-refractivity contribution in [2.45, 2.75) is 19.4 Å². The van der Waals surface area contributed by atoms with Gasteiger partial charge in [-0.2, -0.15) is 0 Å². The van der Waals surface area contributed by atoms with Crippen molar-refractivity contribution in [3.8, 4) is 0 Å². The molecular weight excluding hydrogens is 254 g/mol. The first-order chi connectivity index (χ1) is 6.98. The highest BCUT2D eigenvalue weighted by Crippen LogP contribution is 2.27. The van der Waals surface area contributed by atoms with Gasteiger partial charge < -0.3 is 10.5 Å². The van der Waals surface area contributed by atoms with Crippen molar-refractivity contribution < 1.29 is 4.74 Å². The molecule has 3 heteroatoms. The van der Waals surface area contributed by atoms with E-state index in [1.54, 1.807) is 7.11 Å². The summed E-state index contributed by atoms with van der Waals surface area (Å²) < 4.78 is 6.22. The molecule has 2 nitrogen and oxygen atoms in total. The third kappa shape index (κ3) is 3.03. The van der Waals surface area contributed by atoms with Gasteiger partial charge in [0.1, 0.15) is 0 Å². The monoisotopic (exact) mass is 271 g/mol. The third-order valence-corrected chi connectivity index (χ3v) is 3.44. The van der Waals surface area contributed by atoms with Crippen LogP contribution in [0.5, 0.6) is 0 Å². The summed E-state index contributed by atoms with van der Waals surface area (Å²) in [6.07, 6.45) is 0. The maximum absolute atomic E-state index is 6.32. The second-order valence-electron chi connectivity index (χ2n) is 4.15. The lowest BCUT2D eigenvalue weighted by Crippen LogP contribution is -2.41. The lowest BCUT2D eigenvalue weighted by Gasteiger charge is -2.31. The third-order valence-electron chi connectivity index (χ3n) is 2.91. The molecule has 1 aromatic rings. The van der Waals surface area contributed by atoms with Crippen LogP contribution >= 0.6 is 15.9 Å². The highest BCUT2D eigenvalue weighted by atomic mass is 79.9. The Morgan fingerprint density at radius 1 is 1.40 bits per heavy atom. The lowest BCUT2D eigenvalue weighted by molar-refractivity contribution is 0.121. The van der Waals surface area contributed by atoms with E-state index in [-0.39, 0.29) is 11.5 Å². The van der Waals surface area contributed by atoms with Crippen molar-refractivity contribution in [2.75, 3.05) is 13.7 Å². The predicted molar refractivity (Wildman–Crippen MR) is 66.7 cm³/mol. The van der Waals surface area contributed by atoms with E-state index >= 15 is 0 Å². The van der Waals surface area contributed by atoms with Crippen molar-refractivity contribution in [3.05, 3.63) is 34.3 Å². The van der Waals surface area contributed by atoms with Crippen LogP contribution in [-0.4, -0.2) is 13.7 Å². The molecular formula is C12H18BrNO. The van der Waals surface area contributed by atoms with Crippen LogP contribution in [0.1, 0.15) is 19.4 Å². The Morgan fingerprint density at radius 3 is 2.40 bits per heavy atom. The molecule has 1 rings (SSSR count). The van der Waals surface area contributed by atoms with Gasteiger partial charge in [0, 0.05) is 23.0 Å². The number of halogens is 1. The van der Waals surface area contributed by atoms with Gasteiger partial charge in [-0.1, -0.05) is 35.0 Å². The number of methoxy groups -OCH3 is 1. The van der Waals surface area contributed by atoms with Gasteiger partial charge in [-0.15, -0.1) is 0 Å². The molecule has 0 amide bonds. The first kappa shape index (κ1) is 12.7. The summed E-state index contributed by atoms with van der Waals surface area (Å²) in [5, 5.41) is 0. The second kappa shape index (κ2) is 5.10. The minimum absolute atomic E-state index is 0.281. The summed E-state index contributed by atoms with van der Waals surface area (Å²) >= 11 is 3.41. The quantitative estimate of drug-likeness (QED) is 0.914. The van der Waals surface area contributed by atoms with Crippen molar-refractivity contribution in [1.82, 2.24) is 0 Å². The second-order valence-corrected chi connectivity index (χ2v) is 5.06. The molecule has 0 aliphatic rings. The van der Waals surface area contributed by atoms with Gasteiger partial charge in [-0.3, -0.25) is 0 Å². The minimum atomic E-state index is -0.350. The van der Waals surface area contributed by atoms with Gasteiger partial charge in [-0.25, -0.2) is 0 Å². The lowest BCUT2D eigenvalue weighted by atomic mass is 9.82. The van der Waals surface area contributed by atoms with E-state index in [0.717, 1.165) is 10.0 Å². The van der Waals surface area contributed by atoms with Gasteiger partial charge in [0.2, 0.25) is 0 Å². The molecule has 84 valence electrons. The summed E-state index contributed by atoms with van der Waals surface area (Å²) in [5.41, 5.74) is 7.11. The van der Waals surface area contributed by atoms with Crippen molar-refractivity contribution in [2.24, 2.45) is 11.7 Å². The molecule has 15 heavy (non-hydrogen) atoms. The average Bonchev–Trinajstić information content (AvgIpc) is 2.18. The van der Waals surface area contributed by atoms with Gasteiger partial charge in [0.15, 0.2) is 0 Å². The van der Waals surface area contributed by atoms with E-state index in [2.05, 4.69) is 35.0 Å². The molecule has 0 heterocycles. The summed E-state index contributed by atoms with van der Waals surface area (Å²) in [4.78, 5) is 0. The van der Waals surface area contributed by atoms with E-state index in [0.29, 0.717) is 6.61 Å². The van der Waals surface area contributed by atoms with Gasteiger partial charge in [0.05, 0.1) is 6.61 Å². The van der Waals surface area contributed by atoms with Crippen LogP contribution in [-0.2, 0) is 10.3 Å². The maximum atomic E-state index is 6.32. The van der Waals surface area contributed by atoms with E-state index in [4.69, 9.17) is 10.5 Å². The Kier molecular flexibility index (Phi) is 4.32. The van der Waals surface area contributed by atoms with Gasteiger partial charge in [0.25, 0.3) is 0 Å². The van der Waals surface area contributed by atoms with E-state index in [1.807, 2.05) is 19.1 Å². The zero-order chi connectivity index (χ0) is 11.5. The van der Waals surface area contributed by atoms with Crippen LogP contribution in [0.25, 0.3) is 0 Å². The minimum Gasteiger partial charge on any atom is -0.384 e. The number of hydrogen-bond donors (Lipinski definition) is 1. The summed E-state index contributed by atoms with van der Waals surface area (Å²) in [7, 11) is 1.70. The standard InChI is InChI=1S/C12H18BrNO/c1-9(8-15-3)12(2,14)10-4-6-11(13)7-5-10/h4-7,9H,8,14H2,1-3H3. The first-order valence-electron chi connectivity index (χ1n) is 5.02. The smallest absolute Gasteiger partial charge is 0.0508 e. The molecule has 0 radical (unpaired) electrons. The van der Waals surface area contributed by atoms with Crippen molar-refractivity contribution in [3.63, 3.8) is 0 Å². The summed E-state index contributed by atoms with van der Waals surface area (Å²) in [6, 6.07) is 8.13. The Labute approximate surface area is 99.9 Å². The molecule has 1 aromatic carbocycles. The van der Waals surface area contributed by atoms with Crippen LogP contribution in [0.15, 0.2) is 28.7 Å². The fraction of sp³-hybridized carbons (Fsp3) is 0.500. The predicted octanol–water partition coefficient (Wildman–Crippen LogP) is 2.91. The van der Waals surface area contributed by atoms with Crippen molar-refractivity contribution in [1.29, 1.82) is 0 Å². The van der Waals surface area contributed by atoms with E-state index in [9.17, 15) is 0 Å². The SMILES string of the molecule is COCC(C)C(C)(N)c1ccc(Br)cc1. The largest absolute Gasteiger partial charge is 0.384 e. The fourth-order valence-electron chi connectivity index (χ4n) is 1.52. The molecule has 0 aliphatic heterocycles. The molecule has 0 bridgehead atoms. The molecule has 0 saturated heterocycles. The Morgan fingerprint density at radius 2 is 1.93 bits per heavy atom. The highest BCUT2D eigenvalue weighted by molar-refractivity contribution is 9.10. The van der Waals surface area contributed by atoms with Crippen molar-refractivity contribution >= 4 is 15.9 Å². The molecule has 0 spiro atoms. The number of ether oxygens (including phenoxy) is 1. The average molecular weight is 272 g/mol. The number of benzene rings is 1. The molecule has 0 fully saturated rings. The Bertz CT molecular complexity index is 308. The van der Waals surface area contributed by atoms with Crippen LogP contribution < -0.4 is 5.73 Å². The molecule has 2 N–H and O–H groups in total. The summed E-state index contributed by atoms with van der Waals surface area (Å²) in [6.45, 7) is 4.81. The molecule has 2 atom stereocenters. The fourth-order valence-corrected chi connectivity index (χ4v) is 1.78. The Balaban J connectivity index is 2.89. The maximum Gasteiger partial charge on any atom is 0.0508 e.